The second-order valence-electron chi connectivity index (χ2n) is 9.60. The van der Waals surface area contributed by atoms with Gasteiger partial charge in [0.2, 0.25) is 0 Å². The number of aromatic amines is 1. The van der Waals surface area contributed by atoms with Crippen LogP contribution in [0.25, 0.3) is 21.9 Å². The molecule has 0 aliphatic carbocycles. The number of H-pyrrole nitrogens is 1. The second kappa shape index (κ2) is 9.72. The molecule has 1 N–H and O–H groups in total. The van der Waals surface area contributed by atoms with Gasteiger partial charge in [-0.15, -0.1) is 0 Å². The van der Waals surface area contributed by atoms with Gasteiger partial charge in [0.05, 0.1) is 25.3 Å². The van der Waals surface area contributed by atoms with Crippen molar-refractivity contribution in [2.75, 3.05) is 7.11 Å². The fraction of sp³-hybridized carbons (Fsp3) is 0.379. The summed E-state index contributed by atoms with van der Waals surface area (Å²) >= 11 is 0. The van der Waals surface area contributed by atoms with E-state index in [1.807, 2.05) is 43.3 Å². The van der Waals surface area contributed by atoms with Gasteiger partial charge in [0, 0.05) is 28.6 Å². The highest BCUT2D eigenvalue weighted by molar-refractivity contribution is 5.92. The Morgan fingerprint density at radius 3 is 2.83 bits per heavy atom. The molecule has 0 unspecified atom stereocenters. The number of carbonyl (C=O) groups excluding carboxylic acids is 2. The smallest absolute Gasteiger partial charge is 0.328 e. The van der Waals surface area contributed by atoms with Crippen LogP contribution < -0.4 is 4.74 Å². The number of ether oxygens (including phenoxy) is 2. The van der Waals surface area contributed by atoms with E-state index in [2.05, 4.69) is 11.9 Å². The maximum absolute atomic E-state index is 13.7. The number of esters is 1. The van der Waals surface area contributed by atoms with Gasteiger partial charge in [-0.1, -0.05) is 31.5 Å². The van der Waals surface area contributed by atoms with Gasteiger partial charge >= 0.3 is 5.97 Å². The quantitative estimate of drug-likeness (QED) is 0.349. The van der Waals surface area contributed by atoms with Gasteiger partial charge < -0.3 is 23.8 Å². The van der Waals surface area contributed by atoms with E-state index in [4.69, 9.17) is 13.9 Å². The SMILES string of the molecule is CCCCc1coc2cc(C)cc(O[C@H](C)C(=O)N3Cc4[nH]c5ccccc5c4C[C@H]3C(=O)OC)c12. The molecular formula is C29H32N2O5. The van der Waals surface area contributed by atoms with E-state index >= 15 is 0 Å². The molecule has 4 aromatic rings. The summed E-state index contributed by atoms with van der Waals surface area (Å²) in [6, 6.07) is 11.2. The van der Waals surface area contributed by atoms with Gasteiger partial charge in [0.25, 0.3) is 5.91 Å². The molecule has 2 aromatic heterocycles. The Kier molecular flexibility index (Phi) is 6.48. The molecule has 7 nitrogen and oxygen atoms in total. The topological polar surface area (TPSA) is 84.8 Å². The molecule has 1 aliphatic heterocycles. The highest BCUT2D eigenvalue weighted by Gasteiger charge is 2.39. The Hall–Kier alpha value is -3.74. The first-order valence-electron chi connectivity index (χ1n) is 12.5. The summed E-state index contributed by atoms with van der Waals surface area (Å²) in [5.74, 6) is -0.0623. The van der Waals surface area contributed by atoms with Crippen molar-refractivity contribution in [2.45, 2.75) is 65.1 Å². The van der Waals surface area contributed by atoms with E-state index in [0.717, 1.165) is 63.5 Å². The number of methoxy groups -OCH3 is 1. The lowest BCUT2D eigenvalue weighted by atomic mass is 9.96. The van der Waals surface area contributed by atoms with E-state index in [0.29, 0.717) is 12.2 Å². The van der Waals surface area contributed by atoms with Crippen LogP contribution in [0.4, 0.5) is 0 Å². The lowest BCUT2D eigenvalue weighted by molar-refractivity contribution is -0.156. The third-order valence-corrected chi connectivity index (χ3v) is 7.07. The summed E-state index contributed by atoms with van der Waals surface area (Å²) in [5, 5.41) is 1.98. The van der Waals surface area contributed by atoms with Gasteiger partial charge in [-0.25, -0.2) is 4.79 Å². The number of benzene rings is 2. The molecule has 0 radical (unpaired) electrons. The van der Waals surface area contributed by atoms with Gasteiger partial charge in [-0.2, -0.15) is 0 Å². The molecular weight excluding hydrogens is 456 g/mol. The molecule has 1 amide bonds. The molecule has 5 rings (SSSR count). The van der Waals surface area contributed by atoms with Crippen LogP contribution in [0.5, 0.6) is 5.75 Å². The van der Waals surface area contributed by atoms with E-state index < -0.39 is 18.1 Å². The van der Waals surface area contributed by atoms with E-state index in [1.165, 1.54) is 7.11 Å². The van der Waals surface area contributed by atoms with Crippen molar-refractivity contribution in [3.63, 3.8) is 0 Å². The minimum Gasteiger partial charge on any atom is -0.480 e. The zero-order chi connectivity index (χ0) is 25.4. The first-order valence-corrected chi connectivity index (χ1v) is 12.5. The van der Waals surface area contributed by atoms with Crippen molar-refractivity contribution >= 4 is 33.7 Å². The zero-order valence-electron chi connectivity index (χ0n) is 21.2. The number of aryl methyl sites for hydroxylation is 2. The minimum atomic E-state index is -0.804. The van der Waals surface area contributed by atoms with Crippen LogP contribution in [0.15, 0.2) is 47.1 Å². The van der Waals surface area contributed by atoms with Crippen molar-refractivity contribution in [2.24, 2.45) is 0 Å². The number of nitrogens with one attached hydrogen (secondary N) is 1. The summed E-state index contributed by atoms with van der Waals surface area (Å²) in [6.45, 7) is 6.15. The number of fused-ring (bicyclic) bond motifs is 4. The fourth-order valence-electron chi connectivity index (χ4n) is 5.23. The largest absolute Gasteiger partial charge is 0.480 e. The first kappa shape index (κ1) is 24.0. The Morgan fingerprint density at radius 1 is 1.25 bits per heavy atom. The standard InChI is InChI=1S/C29H32N2O5/c1-5-6-9-19-16-35-25-12-17(2)13-26(27(19)25)36-18(3)28(32)31-15-23-21(14-24(31)29(33)34-4)20-10-7-8-11-22(20)30-23/h7-8,10-13,16,18,24,30H,5-6,9,14-15H2,1-4H3/t18-,24+/m1/s1. The van der Waals surface area contributed by atoms with Crippen LogP contribution in [0.1, 0.15) is 49.1 Å². The summed E-state index contributed by atoms with van der Waals surface area (Å²) < 4.78 is 17.2. The van der Waals surface area contributed by atoms with E-state index in [1.54, 1.807) is 18.1 Å². The molecule has 0 bridgehead atoms. The lowest BCUT2D eigenvalue weighted by Gasteiger charge is -2.35. The molecule has 36 heavy (non-hydrogen) atoms. The first-order chi connectivity index (χ1) is 17.4. The van der Waals surface area contributed by atoms with E-state index in [9.17, 15) is 9.59 Å². The van der Waals surface area contributed by atoms with Crippen molar-refractivity contribution in [3.05, 3.63) is 65.0 Å². The van der Waals surface area contributed by atoms with Crippen LogP contribution in [-0.2, 0) is 33.7 Å². The predicted octanol–water partition coefficient (Wildman–Crippen LogP) is 5.46. The molecule has 0 spiro atoms. The highest BCUT2D eigenvalue weighted by atomic mass is 16.5. The minimum absolute atomic E-state index is 0.261. The highest BCUT2D eigenvalue weighted by Crippen LogP contribution is 2.35. The van der Waals surface area contributed by atoms with Gasteiger partial charge in [0.1, 0.15) is 17.4 Å². The molecule has 2 atom stereocenters. The van der Waals surface area contributed by atoms with Crippen LogP contribution in [-0.4, -0.2) is 41.0 Å². The number of unbranched alkanes of at least 4 members (excludes halogenated alkanes) is 1. The van der Waals surface area contributed by atoms with Crippen LogP contribution in [0.3, 0.4) is 0 Å². The number of rotatable bonds is 7. The monoisotopic (exact) mass is 488 g/mol. The summed E-state index contributed by atoms with van der Waals surface area (Å²) in [4.78, 5) is 31.5. The molecule has 1 aliphatic rings. The molecule has 7 heteroatoms. The molecule has 0 fully saturated rings. The number of amides is 1. The molecule has 188 valence electrons. The van der Waals surface area contributed by atoms with Gasteiger partial charge in [0.15, 0.2) is 6.10 Å². The van der Waals surface area contributed by atoms with Crippen molar-refractivity contribution in [3.8, 4) is 5.75 Å². The Bertz CT molecular complexity index is 1430. The summed E-state index contributed by atoms with van der Waals surface area (Å²) in [6.07, 6.45) is 4.37. The van der Waals surface area contributed by atoms with Crippen LogP contribution in [0, 0.1) is 6.92 Å². The van der Waals surface area contributed by atoms with Crippen molar-refractivity contribution in [1.29, 1.82) is 0 Å². The Labute approximate surface area is 210 Å². The Morgan fingerprint density at radius 2 is 2.06 bits per heavy atom. The zero-order valence-corrected chi connectivity index (χ0v) is 21.2. The normalized spacial score (nSPS) is 16.2. The number of hydrogen-bond donors (Lipinski definition) is 1. The average Bonchev–Trinajstić information content (AvgIpc) is 3.46. The number of nitrogens with zero attached hydrogens (tertiary/aromatic N) is 1. The predicted molar refractivity (Wildman–Crippen MR) is 138 cm³/mol. The molecule has 2 aromatic carbocycles. The fourth-order valence-corrected chi connectivity index (χ4v) is 5.23. The number of furan rings is 1. The van der Waals surface area contributed by atoms with Gasteiger partial charge in [-0.3, -0.25) is 4.79 Å². The average molecular weight is 489 g/mol. The maximum Gasteiger partial charge on any atom is 0.328 e. The lowest BCUT2D eigenvalue weighted by Crippen LogP contribution is -2.52. The number of carbonyl (C=O) groups is 2. The van der Waals surface area contributed by atoms with E-state index in [-0.39, 0.29) is 12.5 Å². The van der Waals surface area contributed by atoms with Crippen LogP contribution in [0.2, 0.25) is 0 Å². The van der Waals surface area contributed by atoms with Crippen molar-refractivity contribution in [1.82, 2.24) is 9.88 Å². The molecule has 0 saturated heterocycles. The molecule has 0 saturated carbocycles. The number of para-hydroxylation sites is 1. The summed E-state index contributed by atoms with van der Waals surface area (Å²) in [5.41, 5.74) is 5.80. The second-order valence-corrected chi connectivity index (χ2v) is 9.60. The molecule has 3 heterocycles. The number of aromatic nitrogens is 1. The number of hydrogen-bond acceptors (Lipinski definition) is 5. The van der Waals surface area contributed by atoms with Crippen LogP contribution >= 0.6 is 0 Å². The third kappa shape index (κ3) is 4.23. The third-order valence-electron chi connectivity index (χ3n) is 7.07. The Balaban J connectivity index is 1.45. The van der Waals surface area contributed by atoms with Crippen molar-refractivity contribution < 1.29 is 23.5 Å². The summed E-state index contributed by atoms with van der Waals surface area (Å²) in [7, 11) is 1.36. The van der Waals surface area contributed by atoms with Gasteiger partial charge in [-0.05, 0) is 56.0 Å². The maximum atomic E-state index is 13.7.